The average molecular weight is 256 g/mol. The number of nitrogens with one attached hydrogen (secondary N) is 1. The number of amides is 1. The Kier molecular flexibility index (Phi) is 3.32. The van der Waals surface area contributed by atoms with Crippen molar-refractivity contribution in [2.45, 2.75) is 63.1 Å². The molecule has 5 heteroatoms. The maximum atomic E-state index is 11.9. The zero-order valence-corrected chi connectivity index (χ0v) is 11.5. The van der Waals surface area contributed by atoms with Crippen LogP contribution in [-0.2, 0) is 9.47 Å². The average Bonchev–Trinajstić information content (AvgIpc) is 2.71. The zero-order chi connectivity index (χ0) is 13.4. The Morgan fingerprint density at radius 2 is 2.06 bits per heavy atom. The number of rotatable bonds is 3. The first-order chi connectivity index (χ1) is 8.22. The number of ether oxygens (including phenoxy) is 2. The van der Waals surface area contributed by atoms with Crippen molar-refractivity contribution in [2.75, 3.05) is 13.2 Å². The van der Waals surface area contributed by atoms with Gasteiger partial charge in [0.15, 0.2) is 0 Å². The normalized spacial score (nSPS) is 30.0. The minimum absolute atomic E-state index is 0.108. The van der Waals surface area contributed by atoms with Crippen LogP contribution in [0.15, 0.2) is 0 Å². The van der Waals surface area contributed by atoms with E-state index in [4.69, 9.17) is 15.2 Å². The third-order valence-electron chi connectivity index (χ3n) is 3.45. The number of alkyl carbamates (subject to hydrolysis) is 1. The smallest absolute Gasteiger partial charge is 0.408 e. The molecule has 0 radical (unpaired) electrons. The largest absolute Gasteiger partial charge is 0.444 e. The molecule has 0 aromatic carbocycles. The van der Waals surface area contributed by atoms with Crippen LogP contribution >= 0.6 is 0 Å². The SMILES string of the molecule is CC(C)(C)OC(=O)NC1(CC2(N)CC2)CCOC1. The van der Waals surface area contributed by atoms with Crippen LogP contribution in [0.3, 0.4) is 0 Å². The standard InChI is InChI=1S/C13H24N2O3/c1-11(2,3)18-10(16)15-13(6-7-17-9-13)8-12(14)4-5-12/h4-9,14H2,1-3H3,(H,15,16). The van der Waals surface area contributed by atoms with Gasteiger partial charge in [-0.25, -0.2) is 4.79 Å². The molecule has 1 unspecified atom stereocenters. The lowest BCUT2D eigenvalue weighted by Crippen LogP contribution is -2.54. The van der Waals surface area contributed by atoms with Crippen molar-refractivity contribution in [1.29, 1.82) is 0 Å². The summed E-state index contributed by atoms with van der Waals surface area (Å²) in [5.74, 6) is 0. The highest BCUT2D eigenvalue weighted by Crippen LogP contribution is 2.41. The Bertz CT molecular complexity index is 326. The Morgan fingerprint density at radius 3 is 2.50 bits per heavy atom. The van der Waals surface area contributed by atoms with Gasteiger partial charge in [-0.3, -0.25) is 0 Å². The van der Waals surface area contributed by atoms with E-state index in [1.54, 1.807) is 0 Å². The molecule has 1 atom stereocenters. The molecule has 1 saturated carbocycles. The van der Waals surface area contributed by atoms with Gasteiger partial charge in [0, 0.05) is 12.1 Å². The van der Waals surface area contributed by atoms with Crippen LogP contribution in [-0.4, -0.2) is 36.0 Å². The van der Waals surface area contributed by atoms with Crippen molar-refractivity contribution in [3.63, 3.8) is 0 Å². The Hall–Kier alpha value is -0.810. The van der Waals surface area contributed by atoms with Crippen molar-refractivity contribution < 1.29 is 14.3 Å². The molecule has 0 aromatic heterocycles. The Morgan fingerprint density at radius 1 is 1.39 bits per heavy atom. The Labute approximate surface area is 108 Å². The fourth-order valence-corrected chi connectivity index (χ4v) is 2.42. The van der Waals surface area contributed by atoms with Crippen LogP contribution in [0, 0.1) is 0 Å². The highest BCUT2D eigenvalue weighted by molar-refractivity contribution is 5.69. The number of hydrogen-bond acceptors (Lipinski definition) is 4. The van der Waals surface area contributed by atoms with Gasteiger partial charge in [0.1, 0.15) is 5.60 Å². The fraction of sp³-hybridized carbons (Fsp3) is 0.923. The fourth-order valence-electron chi connectivity index (χ4n) is 2.42. The second-order valence-corrected chi connectivity index (χ2v) is 6.75. The van der Waals surface area contributed by atoms with Gasteiger partial charge in [0.05, 0.1) is 12.1 Å². The lowest BCUT2D eigenvalue weighted by Gasteiger charge is -2.32. The molecule has 18 heavy (non-hydrogen) atoms. The predicted molar refractivity (Wildman–Crippen MR) is 68.3 cm³/mol. The second kappa shape index (κ2) is 4.38. The topological polar surface area (TPSA) is 73.6 Å². The second-order valence-electron chi connectivity index (χ2n) is 6.75. The van der Waals surface area contributed by atoms with Gasteiger partial charge < -0.3 is 20.5 Å². The van der Waals surface area contributed by atoms with Gasteiger partial charge in [-0.2, -0.15) is 0 Å². The van der Waals surface area contributed by atoms with Crippen LogP contribution < -0.4 is 11.1 Å². The first-order valence-electron chi connectivity index (χ1n) is 6.60. The third kappa shape index (κ3) is 3.59. The molecule has 1 saturated heterocycles. The molecule has 0 aromatic rings. The summed E-state index contributed by atoms with van der Waals surface area (Å²) in [6.07, 6.45) is 3.28. The Balaban J connectivity index is 1.95. The summed E-state index contributed by atoms with van der Waals surface area (Å²) in [4.78, 5) is 11.9. The highest BCUT2D eigenvalue weighted by Gasteiger charge is 2.49. The molecule has 3 N–H and O–H groups in total. The van der Waals surface area contributed by atoms with Crippen molar-refractivity contribution in [3.05, 3.63) is 0 Å². The summed E-state index contributed by atoms with van der Waals surface area (Å²) in [5, 5.41) is 2.98. The van der Waals surface area contributed by atoms with E-state index >= 15 is 0 Å². The predicted octanol–water partition coefficient (Wildman–Crippen LogP) is 1.55. The molecule has 2 aliphatic rings. The van der Waals surface area contributed by atoms with E-state index in [1.807, 2.05) is 20.8 Å². The van der Waals surface area contributed by atoms with Gasteiger partial charge in [0.25, 0.3) is 0 Å². The van der Waals surface area contributed by atoms with Crippen molar-refractivity contribution in [3.8, 4) is 0 Å². The monoisotopic (exact) mass is 256 g/mol. The van der Waals surface area contributed by atoms with Crippen molar-refractivity contribution in [2.24, 2.45) is 5.73 Å². The lowest BCUT2D eigenvalue weighted by molar-refractivity contribution is 0.0426. The van der Waals surface area contributed by atoms with Crippen LogP contribution in [0.25, 0.3) is 0 Å². The van der Waals surface area contributed by atoms with Crippen LogP contribution in [0.4, 0.5) is 4.79 Å². The summed E-state index contributed by atoms with van der Waals surface area (Å²) < 4.78 is 10.8. The maximum absolute atomic E-state index is 11.9. The molecule has 2 fully saturated rings. The highest BCUT2D eigenvalue weighted by atomic mass is 16.6. The molecule has 2 rings (SSSR count). The van der Waals surface area contributed by atoms with Gasteiger partial charge in [-0.15, -0.1) is 0 Å². The minimum Gasteiger partial charge on any atom is -0.444 e. The quantitative estimate of drug-likeness (QED) is 0.803. The molecule has 1 heterocycles. The molecule has 1 aliphatic carbocycles. The molecular weight excluding hydrogens is 232 g/mol. The van der Waals surface area contributed by atoms with Gasteiger partial charge in [0.2, 0.25) is 0 Å². The molecule has 5 nitrogen and oxygen atoms in total. The summed E-state index contributed by atoms with van der Waals surface area (Å²) in [5.41, 5.74) is 5.24. The van der Waals surface area contributed by atoms with E-state index < -0.39 is 5.60 Å². The van der Waals surface area contributed by atoms with Gasteiger partial charge in [-0.1, -0.05) is 0 Å². The first-order valence-corrected chi connectivity index (χ1v) is 6.60. The first kappa shape index (κ1) is 13.6. The zero-order valence-electron chi connectivity index (χ0n) is 11.5. The van der Waals surface area contributed by atoms with E-state index in [0.29, 0.717) is 13.2 Å². The van der Waals surface area contributed by atoms with E-state index in [2.05, 4.69) is 5.32 Å². The lowest BCUT2D eigenvalue weighted by atomic mass is 9.89. The molecular formula is C13H24N2O3. The maximum Gasteiger partial charge on any atom is 0.408 e. The third-order valence-corrected chi connectivity index (χ3v) is 3.45. The molecule has 104 valence electrons. The van der Waals surface area contributed by atoms with Crippen molar-refractivity contribution in [1.82, 2.24) is 5.32 Å². The minimum atomic E-state index is -0.481. The summed E-state index contributed by atoms with van der Waals surface area (Å²) in [6, 6.07) is 0. The van der Waals surface area contributed by atoms with Crippen LogP contribution in [0.5, 0.6) is 0 Å². The molecule has 0 spiro atoms. The van der Waals surface area contributed by atoms with E-state index in [9.17, 15) is 4.79 Å². The van der Waals surface area contributed by atoms with E-state index in [-0.39, 0.29) is 17.2 Å². The molecule has 1 aliphatic heterocycles. The van der Waals surface area contributed by atoms with Crippen LogP contribution in [0.1, 0.15) is 46.5 Å². The summed E-state index contributed by atoms with van der Waals surface area (Å²) in [7, 11) is 0. The van der Waals surface area contributed by atoms with Crippen LogP contribution in [0.2, 0.25) is 0 Å². The van der Waals surface area contributed by atoms with E-state index in [1.165, 1.54) is 0 Å². The van der Waals surface area contributed by atoms with Gasteiger partial charge >= 0.3 is 6.09 Å². The molecule has 1 amide bonds. The summed E-state index contributed by atoms with van der Waals surface area (Å²) in [6.45, 7) is 6.78. The van der Waals surface area contributed by atoms with Crippen molar-refractivity contribution >= 4 is 6.09 Å². The molecule has 0 bridgehead atoms. The van der Waals surface area contributed by atoms with E-state index in [0.717, 1.165) is 25.7 Å². The summed E-state index contributed by atoms with van der Waals surface area (Å²) >= 11 is 0. The number of hydrogen-bond donors (Lipinski definition) is 2. The number of carbonyl (C=O) groups is 1. The number of carbonyl (C=O) groups excluding carboxylic acids is 1. The van der Waals surface area contributed by atoms with Gasteiger partial charge in [-0.05, 0) is 46.5 Å². The number of nitrogens with two attached hydrogens (primary N) is 1.